The van der Waals surface area contributed by atoms with Gasteiger partial charge in [-0.25, -0.2) is 0 Å². The van der Waals surface area contributed by atoms with Crippen molar-refractivity contribution in [1.29, 1.82) is 5.26 Å². The molecule has 0 saturated heterocycles. The lowest BCUT2D eigenvalue weighted by Gasteiger charge is -2.08. The minimum atomic E-state index is -5.01. The van der Waals surface area contributed by atoms with Crippen molar-refractivity contribution in [3.05, 3.63) is 70.8 Å². The average Bonchev–Trinajstić information content (AvgIpc) is 2.58. The Balaban J connectivity index is 2.29. The maximum Gasteiger partial charge on any atom is 0.471 e. The molecule has 0 unspecified atom stereocenters. The molecule has 0 spiro atoms. The zero-order chi connectivity index (χ0) is 19.3. The summed E-state index contributed by atoms with van der Waals surface area (Å²) in [5.41, 5.74) is 1.23. The van der Waals surface area contributed by atoms with Crippen LogP contribution in [0.15, 0.2) is 54.1 Å². The van der Waals surface area contributed by atoms with Gasteiger partial charge in [-0.05, 0) is 36.8 Å². The molecule has 26 heavy (non-hydrogen) atoms. The van der Waals surface area contributed by atoms with Crippen LogP contribution in [0.2, 0.25) is 0 Å². The highest BCUT2D eigenvalue weighted by Crippen LogP contribution is 2.20. The first-order chi connectivity index (χ1) is 12.2. The molecule has 0 fully saturated rings. The van der Waals surface area contributed by atoms with Gasteiger partial charge in [0, 0.05) is 11.3 Å². The summed E-state index contributed by atoms with van der Waals surface area (Å²) in [7, 11) is 0. The van der Waals surface area contributed by atoms with E-state index in [2.05, 4.69) is 0 Å². The van der Waals surface area contributed by atoms with Gasteiger partial charge in [-0.1, -0.05) is 35.9 Å². The SMILES string of the molecule is Cc1cccc(C(=O)/C(C#N)=C/c2cccc(NC(=O)C(F)(F)F)c2)c1. The number of alkyl halides is 3. The largest absolute Gasteiger partial charge is 0.471 e. The lowest BCUT2D eigenvalue weighted by atomic mass is 10.0. The molecule has 1 N–H and O–H groups in total. The molecule has 4 nitrogen and oxygen atoms in total. The minimum Gasteiger partial charge on any atom is -0.318 e. The summed E-state index contributed by atoms with van der Waals surface area (Å²) >= 11 is 0. The second-order valence-corrected chi connectivity index (χ2v) is 5.45. The van der Waals surface area contributed by atoms with Crippen LogP contribution in [0.25, 0.3) is 6.08 Å². The van der Waals surface area contributed by atoms with Gasteiger partial charge in [-0.2, -0.15) is 18.4 Å². The van der Waals surface area contributed by atoms with E-state index in [0.717, 1.165) is 5.56 Å². The highest BCUT2D eigenvalue weighted by Gasteiger charge is 2.38. The highest BCUT2D eigenvalue weighted by molar-refractivity contribution is 6.14. The van der Waals surface area contributed by atoms with Gasteiger partial charge in [0.1, 0.15) is 11.6 Å². The highest BCUT2D eigenvalue weighted by atomic mass is 19.4. The number of benzene rings is 2. The second-order valence-electron chi connectivity index (χ2n) is 5.45. The van der Waals surface area contributed by atoms with E-state index in [4.69, 9.17) is 0 Å². The van der Waals surface area contributed by atoms with Crippen molar-refractivity contribution in [1.82, 2.24) is 0 Å². The Labute approximate surface area is 147 Å². The summed E-state index contributed by atoms with van der Waals surface area (Å²) in [6, 6.07) is 13.9. The fraction of sp³-hybridized carbons (Fsp3) is 0.105. The number of anilines is 1. The average molecular weight is 358 g/mol. The van der Waals surface area contributed by atoms with E-state index in [0.29, 0.717) is 11.1 Å². The Hall–Kier alpha value is -3.40. The fourth-order valence-electron chi connectivity index (χ4n) is 2.17. The first-order valence-corrected chi connectivity index (χ1v) is 7.42. The van der Waals surface area contributed by atoms with Crippen molar-refractivity contribution in [2.75, 3.05) is 5.32 Å². The van der Waals surface area contributed by atoms with Gasteiger partial charge in [-0.3, -0.25) is 9.59 Å². The van der Waals surface area contributed by atoms with Gasteiger partial charge in [0.2, 0.25) is 5.78 Å². The van der Waals surface area contributed by atoms with Crippen LogP contribution in [0.3, 0.4) is 0 Å². The van der Waals surface area contributed by atoms with E-state index in [-0.39, 0.29) is 11.3 Å². The van der Waals surface area contributed by atoms with Crippen LogP contribution in [-0.4, -0.2) is 17.9 Å². The zero-order valence-electron chi connectivity index (χ0n) is 13.6. The Morgan fingerprint density at radius 3 is 2.42 bits per heavy atom. The molecule has 0 aromatic heterocycles. The Bertz CT molecular complexity index is 925. The number of nitriles is 1. The smallest absolute Gasteiger partial charge is 0.318 e. The third-order valence-corrected chi connectivity index (χ3v) is 3.36. The van der Waals surface area contributed by atoms with Crippen LogP contribution in [0.1, 0.15) is 21.5 Å². The number of aryl methyl sites for hydroxylation is 1. The molecule has 0 radical (unpaired) electrons. The molecule has 0 aliphatic heterocycles. The molecular weight excluding hydrogens is 345 g/mol. The van der Waals surface area contributed by atoms with Gasteiger partial charge in [0.15, 0.2) is 0 Å². The number of ketones is 1. The Kier molecular flexibility index (Phi) is 5.58. The van der Waals surface area contributed by atoms with Gasteiger partial charge in [-0.15, -0.1) is 0 Å². The fourth-order valence-corrected chi connectivity index (χ4v) is 2.17. The molecule has 1 amide bonds. The lowest BCUT2D eigenvalue weighted by molar-refractivity contribution is -0.167. The van der Waals surface area contributed by atoms with Crippen LogP contribution in [0.4, 0.5) is 18.9 Å². The number of nitrogens with one attached hydrogen (secondary N) is 1. The van der Waals surface area contributed by atoms with E-state index in [1.54, 1.807) is 42.6 Å². The number of allylic oxidation sites excluding steroid dienone is 1. The number of hydrogen-bond acceptors (Lipinski definition) is 3. The van der Waals surface area contributed by atoms with E-state index in [1.165, 1.54) is 30.3 Å². The number of hydrogen-bond donors (Lipinski definition) is 1. The molecule has 0 aliphatic carbocycles. The maximum absolute atomic E-state index is 12.4. The van der Waals surface area contributed by atoms with Crippen LogP contribution in [-0.2, 0) is 4.79 Å². The summed E-state index contributed by atoms with van der Waals surface area (Å²) in [4.78, 5) is 23.4. The van der Waals surface area contributed by atoms with Crippen molar-refractivity contribution in [3.63, 3.8) is 0 Å². The normalized spacial score (nSPS) is 11.6. The number of halogens is 3. The number of Topliss-reactive ketones (excluding diaryl/α,β-unsaturated/α-hetero) is 1. The number of amides is 1. The molecule has 2 aromatic carbocycles. The van der Waals surface area contributed by atoms with Crippen LogP contribution >= 0.6 is 0 Å². The molecule has 0 heterocycles. The second kappa shape index (κ2) is 7.66. The molecule has 0 aliphatic rings. The number of carbonyl (C=O) groups is 2. The molecule has 7 heteroatoms. The summed E-state index contributed by atoms with van der Waals surface area (Å²) in [5, 5.41) is 11.0. The third kappa shape index (κ3) is 4.80. The predicted octanol–water partition coefficient (Wildman–Crippen LogP) is 4.29. The topological polar surface area (TPSA) is 70.0 Å². The number of carbonyl (C=O) groups excluding carboxylic acids is 2. The van der Waals surface area contributed by atoms with Crippen LogP contribution in [0.5, 0.6) is 0 Å². The molecule has 132 valence electrons. The molecule has 2 rings (SSSR count). The first kappa shape index (κ1) is 18.9. The molecular formula is C19H13F3N2O2. The summed E-state index contributed by atoms with van der Waals surface area (Å²) in [5.74, 6) is -2.60. The van der Waals surface area contributed by atoms with Crippen molar-refractivity contribution in [3.8, 4) is 6.07 Å². The van der Waals surface area contributed by atoms with Crippen molar-refractivity contribution < 1.29 is 22.8 Å². The summed E-state index contributed by atoms with van der Waals surface area (Å²) in [6.45, 7) is 1.80. The third-order valence-electron chi connectivity index (χ3n) is 3.36. The summed E-state index contributed by atoms with van der Waals surface area (Å²) < 4.78 is 36.9. The summed E-state index contributed by atoms with van der Waals surface area (Å²) in [6.07, 6.45) is -3.75. The predicted molar refractivity (Wildman–Crippen MR) is 90.2 cm³/mol. The monoisotopic (exact) mass is 358 g/mol. The van der Waals surface area contributed by atoms with Gasteiger partial charge < -0.3 is 5.32 Å². The first-order valence-electron chi connectivity index (χ1n) is 7.42. The van der Waals surface area contributed by atoms with E-state index in [9.17, 15) is 28.0 Å². The van der Waals surface area contributed by atoms with E-state index >= 15 is 0 Å². The van der Waals surface area contributed by atoms with Gasteiger partial charge in [0.05, 0.1) is 0 Å². The van der Waals surface area contributed by atoms with Gasteiger partial charge in [0.25, 0.3) is 0 Å². The quantitative estimate of drug-likeness (QED) is 0.504. The Morgan fingerprint density at radius 1 is 1.12 bits per heavy atom. The minimum absolute atomic E-state index is 0.0960. The number of nitrogens with zero attached hydrogens (tertiary/aromatic N) is 1. The molecule has 0 atom stereocenters. The van der Waals surface area contributed by atoms with E-state index < -0.39 is 17.9 Å². The Morgan fingerprint density at radius 2 is 1.81 bits per heavy atom. The van der Waals surface area contributed by atoms with Crippen LogP contribution in [0, 0.1) is 18.3 Å². The number of rotatable bonds is 4. The van der Waals surface area contributed by atoms with Crippen molar-refractivity contribution in [2.24, 2.45) is 0 Å². The molecule has 0 saturated carbocycles. The van der Waals surface area contributed by atoms with Crippen LogP contribution < -0.4 is 5.32 Å². The maximum atomic E-state index is 12.4. The van der Waals surface area contributed by atoms with Crippen molar-refractivity contribution in [2.45, 2.75) is 13.1 Å². The van der Waals surface area contributed by atoms with Crippen molar-refractivity contribution >= 4 is 23.5 Å². The van der Waals surface area contributed by atoms with E-state index in [1.807, 2.05) is 0 Å². The lowest BCUT2D eigenvalue weighted by Crippen LogP contribution is -2.29. The van der Waals surface area contributed by atoms with Gasteiger partial charge >= 0.3 is 12.1 Å². The molecule has 0 bridgehead atoms. The standard InChI is InChI=1S/C19H13F3N2O2/c1-12-4-2-6-14(8-12)17(25)15(11-23)9-13-5-3-7-16(10-13)24-18(26)19(20,21)22/h2-10H,1H3,(H,24,26)/b15-9+. The zero-order valence-corrected chi connectivity index (χ0v) is 13.6. The molecule has 2 aromatic rings.